The fourth-order valence-corrected chi connectivity index (χ4v) is 8.40. The molecule has 0 radical (unpaired) electrons. The zero-order valence-corrected chi connectivity index (χ0v) is 41.7. The minimum absolute atomic E-state index is 0.185. The molecule has 0 fully saturated rings. The molecule has 10 nitrogen and oxygen atoms in total. The van der Waals surface area contributed by atoms with Gasteiger partial charge < -0.3 is 24.6 Å². The third-order valence-corrected chi connectivity index (χ3v) is 12.6. The molecule has 0 aromatic heterocycles. The second-order valence-electron chi connectivity index (χ2n) is 17.9. The first kappa shape index (κ1) is 61.5. The zero-order valence-electron chi connectivity index (χ0n) is 40.8. The lowest BCUT2D eigenvalue weighted by Crippen LogP contribution is -2.28. The van der Waals surface area contributed by atoms with Gasteiger partial charge in [-0.3, -0.25) is 18.6 Å². The van der Waals surface area contributed by atoms with E-state index in [-0.39, 0.29) is 12.8 Å². The third kappa shape index (κ3) is 46.8. The van der Waals surface area contributed by atoms with Gasteiger partial charge in [0.25, 0.3) is 0 Å². The predicted octanol–water partition coefficient (Wildman–Crippen LogP) is 14.9. The van der Waals surface area contributed by atoms with Gasteiger partial charge in [0.2, 0.25) is 0 Å². The van der Waals surface area contributed by atoms with Gasteiger partial charge in [-0.05, 0) is 44.9 Å². The molecule has 3 N–H and O–H groups in total. The number of esters is 2. The van der Waals surface area contributed by atoms with Crippen LogP contribution < -0.4 is 0 Å². The van der Waals surface area contributed by atoms with Crippen molar-refractivity contribution in [3.63, 3.8) is 0 Å². The summed E-state index contributed by atoms with van der Waals surface area (Å²) in [5.41, 5.74) is 0. The van der Waals surface area contributed by atoms with Crippen LogP contribution >= 0.6 is 7.82 Å². The Balaban J connectivity index is 3.80. The molecule has 0 aliphatic rings. The van der Waals surface area contributed by atoms with Crippen LogP contribution in [0.25, 0.3) is 0 Å². The molecule has 372 valence electrons. The summed E-state index contributed by atoms with van der Waals surface area (Å²) >= 11 is 0. The first-order valence-corrected chi connectivity index (χ1v) is 27.8. The van der Waals surface area contributed by atoms with Crippen LogP contribution in [0.3, 0.4) is 0 Å². The summed E-state index contributed by atoms with van der Waals surface area (Å²) in [5.74, 6) is -1.01. The Kier molecular flexibility index (Phi) is 47.2. The summed E-state index contributed by atoms with van der Waals surface area (Å²) in [6.45, 7) is 2.24. The highest BCUT2D eigenvalue weighted by Crippen LogP contribution is 2.43. The van der Waals surface area contributed by atoms with E-state index in [9.17, 15) is 29.3 Å². The SMILES string of the molecule is CCCCCC/C=C\C/C=C\CCCCCCCCCC(=O)OC(CO)COP(=O)(O)OCC(CO)OC(=O)CCCCCCCCCCCCCCCCCCCCCCCC. The van der Waals surface area contributed by atoms with E-state index in [2.05, 4.69) is 38.2 Å². The molecule has 0 bridgehead atoms. The largest absolute Gasteiger partial charge is 0.472 e. The lowest BCUT2D eigenvalue weighted by molar-refractivity contribution is -0.153. The van der Waals surface area contributed by atoms with Crippen LogP contribution in [0.1, 0.15) is 258 Å². The van der Waals surface area contributed by atoms with Crippen molar-refractivity contribution in [2.45, 2.75) is 270 Å². The molecular weight excluding hydrogens is 816 g/mol. The Morgan fingerprint density at radius 1 is 0.429 bits per heavy atom. The van der Waals surface area contributed by atoms with Gasteiger partial charge >= 0.3 is 19.8 Å². The first-order valence-electron chi connectivity index (χ1n) is 26.3. The van der Waals surface area contributed by atoms with Crippen LogP contribution in [0.5, 0.6) is 0 Å². The van der Waals surface area contributed by atoms with Crippen molar-refractivity contribution >= 4 is 19.8 Å². The Labute approximate surface area is 387 Å². The number of rotatable bonds is 50. The molecule has 0 spiro atoms. The van der Waals surface area contributed by atoms with E-state index < -0.39 is 58.4 Å². The highest BCUT2D eigenvalue weighted by atomic mass is 31.2. The topological polar surface area (TPSA) is 149 Å². The number of carbonyl (C=O) groups excluding carboxylic acids is 2. The highest BCUT2D eigenvalue weighted by Gasteiger charge is 2.27. The molecule has 0 saturated heterocycles. The molecule has 0 saturated carbocycles. The summed E-state index contributed by atoms with van der Waals surface area (Å²) in [4.78, 5) is 34.7. The van der Waals surface area contributed by atoms with E-state index in [1.165, 1.54) is 167 Å². The number of unbranched alkanes of at least 4 members (excludes halogenated alkanes) is 32. The van der Waals surface area contributed by atoms with E-state index in [4.69, 9.17) is 18.5 Å². The van der Waals surface area contributed by atoms with E-state index in [1.807, 2.05) is 0 Å². The fourth-order valence-electron chi connectivity index (χ4n) is 7.62. The van der Waals surface area contributed by atoms with Gasteiger partial charge in [0, 0.05) is 12.8 Å². The fraction of sp³-hybridized carbons (Fsp3) is 0.885. The first-order chi connectivity index (χ1) is 30.8. The molecular formula is C52H99O10P. The minimum Gasteiger partial charge on any atom is -0.457 e. The summed E-state index contributed by atoms with van der Waals surface area (Å²) in [5, 5.41) is 19.3. The maximum absolute atomic E-state index is 12.4. The van der Waals surface area contributed by atoms with Crippen LogP contribution in [-0.2, 0) is 32.7 Å². The van der Waals surface area contributed by atoms with E-state index >= 15 is 0 Å². The van der Waals surface area contributed by atoms with E-state index in [0.29, 0.717) is 12.8 Å². The summed E-state index contributed by atoms with van der Waals surface area (Å²) in [6, 6.07) is 0. The van der Waals surface area contributed by atoms with Gasteiger partial charge in [-0.2, -0.15) is 0 Å². The van der Waals surface area contributed by atoms with Gasteiger partial charge in [0.15, 0.2) is 0 Å². The third-order valence-electron chi connectivity index (χ3n) is 11.7. The molecule has 0 aliphatic heterocycles. The summed E-state index contributed by atoms with van der Waals surface area (Å²) < 4.78 is 32.7. The maximum atomic E-state index is 12.4. The quantitative estimate of drug-likeness (QED) is 0.0233. The Morgan fingerprint density at radius 3 is 1.00 bits per heavy atom. The minimum atomic E-state index is -4.64. The van der Waals surface area contributed by atoms with E-state index in [0.717, 1.165) is 51.4 Å². The highest BCUT2D eigenvalue weighted by molar-refractivity contribution is 7.47. The molecule has 0 heterocycles. The van der Waals surface area contributed by atoms with Gasteiger partial charge in [-0.1, -0.05) is 224 Å². The average Bonchev–Trinajstić information content (AvgIpc) is 3.27. The Morgan fingerprint density at radius 2 is 0.698 bits per heavy atom. The normalized spacial score (nSPS) is 13.8. The molecule has 0 amide bonds. The molecule has 63 heavy (non-hydrogen) atoms. The standard InChI is InChI=1S/C52H99O10P/c1-3-5-7-9-11-13-15-17-19-21-23-24-25-26-28-30-32-34-36-38-40-42-44-52(56)62-50(46-54)48-60-63(57,58)59-47-49(45-53)61-51(55)43-41-39-37-35-33-31-29-27-22-20-18-16-14-12-10-8-6-4-2/h14,16,20,22,49-50,53-54H,3-13,15,17-19,21,23-48H2,1-2H3,(H,57,58)/b16-14-,22-20-. The number of carbonyl (C=O) groups is 2. The molecule has 0 aliphatic carbocycles. The maximum Gasteiger partial charge on any atom is 0.472 e. The van der Waals surface area contributed by atoms with Crippen LogP contribution in [0.4, 0.5) is 0 Å². The molecule has 3 unspecified atom stereocenters. The van der Waals surface area contributed by atoms with Gasteiger partial charge in [-0.25, -0.2) is 4.57 Å². The number of aliphatic hydroxyl groups is 2. The summed E-state index contributed by atoms with van der Waals surface area (Å²) in [7, 11) is -4.64. The molecule has 0 aromatic carbocycles. The Hall–Kier alpha value is -1.55. The summed E-state index contributed by atoms with van der Waals surface area (Å²) in [6.07, 6.45) is 51.5. The van der Waals surface area contributed by atoms with Crippen LogP contribution in [0, 0.1) is 0 Å². The number of aliphatic hydroxyl groups excluding tert-OH is 2. The molecule has 0 rings (SSSR count). The number of phosphoric acid groups is 1. The van der Waals surface area contributed by atoms with Crippen LogP contribution in [0.2, 0.25) is 0 Å². The number of ether oxygens (including phenoxy) is 2. The number of phosphoric ester groups is 1. The van der Waals surface area contributed by atoms with Crippen molar-refractivity contribution in [3.05, 3.63) is 24.3 Å². The van der Waals surface area contributed by atoms with Gasteiger partial charge in [0.1, 0.15) is 12.2 Å². The molecule has 0 aromatic rings. The number of hydrogen-bond acceptors (Lipinski definition) is 9. The number of allylic oxidation sites excluding steroid dienone is 4. The van der Waals surface area contributed by atoms with Crippen molar-refractivity contribution in [2.24, 2.45) is 0 Å². The number of hydrogen-bond donors (Lipinski definition) is 3. The van der Waals surface area contributed by atoms with Crippen LogP contribution in [0.15, 0.2) is 24.3 Å². The molecule has 3 atom stereocenters. The second-order valence-corrected chi connectivity index (χ2v) is 19.3. The second kappa shape index (κ2) is 48.4. The lowest BCUT2D eigenvalue weighted by atomic mass is 10.0. The van der Waals surface area contributed by atoms with Crippen molar-refractivity contribution in [1.82, 2.24) is 0 Å². The average molecular weight is 915 g/mol. The van der Waals surface area contributed by atoms with Crippen molar-refractivity contribution in [1.29, 1.82) is 0 Å². The molecule has 11 heteroatoms. The van der Waals surface area contributed by atoms with E-state index in [1.54, 1.807) is 0 Å². The predicted molar refractivity (Wildman–Crippen MR) is 261 cm³/mol. The smallest absolute Gasteiger partial charge is 0.457 e. The van der Waals surface area contributed by atoms with Gasteiger partial charge in [-0.15, -0.1) is 0 Å². The zero-order chi connectivity index (χ0) is 46.2. The lowest BCUT2D eigenvalue weighted by Gasteiger charge is -2.20. The Bertz CT molecular complexity index is 1100. The van der Waals surface area contributed by atoms with Gasteiger partial charge in [0.05, 0.1) is 26.4 Å². The van der Waals surface area contributed by atoms with Crippen molar-refractivity contribution in [2.75, 3.05) is 26.4 Å². The van der Waals surface area contributed by atoms with Crippen molar-refractivity contribution < 1.29 is 47.8 Å². The van der Waals surface area contributed by atoms with Crippen LogP contribution in [-0.4, -0.2) is 65.7 Å². The van der Waals surface area contributed by atoms with Crippen molar-refractivity contribution in [3.8, 4) is 0 Å². The monoisotopic (exact) mass is 915 g/mol.